The van der Waals surface area contributed by atoms with Gasteiger partial charge in [0.2, 0.25) is 0 Å². The molecule has 2 aromatic rings. The summed E-state index contributed by atoms with van der Waals surface area (Å²) in [5.41, 5.74) is 8.49. The molecule has 2 atom stereocenters. The van der Waals surface area contributed by atoms with Crippen molar-refractivity contribution < 1.29 is 4.74 Å². The molecule has 1 aromatic carbocycles. The Morgan fingerprint density at radius 1 is 1.50 bits per heavy atom. The maximum atomic E-state index is 6.21. The van der Waals surface area contributed by atoms with Crippen LogP contribution in [0, 0.1) is 6.92 Å². The van der Waals surface area contributed by atoms with Crippen LogP contribution in [0.15, 0.2) is 24.4 Å². The van der Waals surface area contributed by atoms with Gasteiger partial charge in [-0.15, -0.1) is 11.3 Å². The van der Waals surface area contributed by atoms with Gasteiger partial charge in [-0.3, -0.25) is 0 Å². The van der Waals surface area contributed by atoms with E-state index in [1.165, 1.54) is 16.9 Å². The number of thiazole rings is 1. The van der Waals surface area contributed by atoms with Crippen molar-refractivity contribution in [3.63, 3.8) is 0 Å². The van der Waals surface area contributed by atoms with E-state index >= 15 is 0 Å². The number of nitrogens with zero attached hydrogens (tertiary/aromatic N) is 1. The quantitative estimate of drug-likeness (QED) is 0.868. The van der Waals surface area contributed by atoms with Crippen LogP contribution in [-0.4, -0.2) is 4.98 Å². The molecular weight excluding hydrogens is 268 g/mol. The highest BCUT2D eigenvalue weighted by atomic mass is 35.5. The van der Waals surface area contributed by atoms with E-state index in [9.17, 15) is 0 Å². The number of ether oxygens (including phenoxy) is 1. The first-order valence-corrected chi connectivity index (χ1v) is 6.97. The van der Waals surface area contributed by atoms with Crippen LogP contribution in [0.4, 0.5) is 0 Å². The van der Waals surface area contributed by atoms with Crippen LogP contribution in [0.25, 0.3) is 0 Å². The summed E-state index contributed by atoms with van der Waals surface area (Å²) in [5.74, 6) is 0.857. The number of hydrogen-bond donors (Lipinski definition) is 1. The number of aromatic nitrogens is 1. The number of fused-ring (bicyclic) bond motifs is 1. The summed E-state index contributed by atoms with van der Waals surface area (Å²) in [7, 11) is 0. The van der Waals surface area contributed by atoms with Gasteiger partial charge in [0.1, 0.15) is 15.1 Å². The van der Waals surface area contributed by atoms with Gasteiger partial charge in [0.05, 0.1) is 6.20 Å². The molecule has 2 N–H and O–H groups in total. The molecule has 0 saturated heterocycles. The smallest absolute Gasteiger partial charge is 0.152 e. The molecule has 0 fully saturated rings. The first kappa shape index (κ1) is 12.0. The Labute approximate surface area is 115 Å². The fourth-order valence-corrected chi connectivity index (χ4v) is 3.16. The number of aryl methyl sites for hydroxylation is 1. The lowest BCUT2D eigenvalue weighted by molar-refractivity contribution is 0.161. The largest absolute Gasteiger partial charge is 0.483 e. The number of halogens is 1. The molecule has 3 nitrogen and oxygen atoms in total. The van der Waals surface area contributed by atoms with Gasteiger partial charge in [-0.25, -0.2) is 4.98 Å². The lowest BCUT2D eigenvalue weighted by Crippen LogP contribution is -2.24. The van der Waals surface area contributed by atoms with E-state index in [-0.39, 0.29) is 12.1 Å². The Kier molecular flexibility index (Phi) is 3.01. The van der Waals surface area contributed by atoms with Crippen molar-refractivity contribution in [1.29, 1.82) is 0 Å². The highest BCUT2D eigenvalue weighted by molar-refractivity contribution is 7.15. The molecule has 1 unspecified atom stereocenters. The Bertz CT molecular complexity index is 584. The zero-order chi connectivity index (χ0) is 12.7. The van der Waals surface area contributed by atoms with Crippen LogP contribution in [0.5, 0.6) is 5.75 Å². The molecule has 0 radical (unpaired) electrons. The molecule has 5 heteroatoms. The summed E-state index contributed by atoms with van der Waals surface area (Å²) in [6.45, 7) is 2.06. The van der Waals surface area contributed by atoms with Crippen molar-refractivity contribution in [2.24, 2.45) is 5.73 Å². The van der Waals surface area contributed by atoms with Crippen molar-refractivity contribution in [3.8, 4) is 5.75 Å². The average molecular weight is 281 g/mol. The van der Waals surface area contributed by atoms with E-state index in [2.05, 4.69) is 18.0 Å². The van der Waals surface area contributed by atoms with E-state index in [0.717, 1.165) is 22.7 Å². The van der Waals surface area contributed by atoms with E-state index in [1.807, 2.05) is 12.1 Å². The SMILES string of the molecule is Cc1ccc2c(c1)[C@H](N)CC(c1ncc(Cl)s1)O2. The lowest BCUT2D eigenvalue weighted by Gasteiger charge is -2.29. The van der Waals surface area contributed by atoms with Gasteiger partial charge >= 0.3 is 0 Å². The van der Waals surface area contributed by atoms with Crippen molar-refractivity contribution in [1.82, 2.24) is 4.98 Å². The third-order valence-electron chi connectivity index (χ3n) is 3.07. The normalized spacial score (nSPS) is 22.4. The fourth-order valence-electron chi connectivity index (χ4n) is 2.19. The molecular formula is C13H13ClN2OS. The van der Waals surface area contributed by atoms with E-state index in [1.54, 1.807) is 6.20 Å². The van der Waals surface area contributed by atoms with Crippen molar-refractivity contribution >= 4 is 22.9 Å². The minimum Gasteiger partial charge on any atom is -0.483 e. The van der Waals surface area contributed by atoms with Crippen LogP contribution in [0.3, 0.4) is 0 Å². The number of nitrogens with two attached hydrogens (primary N) is 1. The van der Waals surface area contributed by atoms with Gasteiger partial charge in [0, 0.05) is 18.0 Å². The third kappa shape index (κ3) is 2.11. The predicted octanol–water partition coefficient (Wildman–Crippen LogP) is 3.63. The Morgan fingerprint density at radius 2 is 2.33 bits per heavy atom. The summed E-state index contributed by atoms with van der Waals surface area (Å²) in [5, 5.41) is 0.890. The van der Waals surface area contributed by atoms with Crippen LogP contribution < -0.4 is 10.5 Å². The van der Waals surface area contributed by atoms with Gasteiger partial charge in [0.15, 0.2) is 6.10 Å². The molecule has 94 valence electrons. The first-order chi connectivity index (χ1) is 8.63. The van der Waals surface area contributed by atoms with Crippen LogP contribution in [0.2, 0.25) is 4.34 Å². The molecule has 0 saturated carbocycles. The molecule has 18 heavy (non-hydrogen) atoms. The van der Waals surface area contributed by atoms with Gasteiger partial charge < -0.3 is 10.5 Å². The zero-order valence-corrected chi connectivity index (χ0v) is 11.5. The monoisotopic (exact) mass is 280 g/mol. The Hall–Kier alpha value is -1.10. The Balaban J connectivity index is 1.94. The van der Waals surface area contributed by atoms with Crippen molar-refractivity contribution in [2.75, 3.05) is 0 Å². The maximum absolute atomic E-state index is 6.21. The molecule has 1 aliphatic heterocycles. The standard InChI is InChI=1S/C13H13ClN2OS/c1-7-2-3-10-8(4-7)9(15)5-11(17-10)13-16-6-12(14)18-13/h2-4,6,9,11H,5,15H2,1H3/t9-,11?/m1/s1. The average Bonchev–Trinajstić information content (AvgIpc) is 2.77. The van der Waals surface area contributed by atoms with Gasteiger partial charge in [-0.05, 0) is 13.0 Å². The summed E-state index contributed by atoms with van der Waals surface area (Å²) in [4.78, 5) is 4.27. The van der Waals surface area contributed by atoms with E-state index in [0.29, 0.717) is 4.34 Å². The second-order valence-corrected chi connectivity index (χ2v) is 6.19. The first-order valence-electron chi connectivity index (χ1n) is 5.77. The Morgan fingerprint density at radius 3 is 3.06 bits per heavy atom. The summed E-state index contributed by atoms with van der Waals surface area (Å²) >= 11 is 7.35. The van der Waals surface area contributed by atoms with Crippen LogP contribution in [0.1, 0.15) is 34.7 Å². The highest BCUT2D eigenvalue weighted by Crippen LogP contribution is 2.41. The van der Waals surface area contributed by atoms with Crippen molar-refractivity contribution in [2.45, 2.75) is 25.5 Å². The maximum Gasteiger partial charge on any atom is 0.152 e. The van der Waals surface area contributed by atoms with Crippen LogP contribution in [-0.2, 0) is 0 Å². The number of hydrogen-bond acceptors (Lipinski definition) is 4. The zero-order valence-electron chi connectivity index (χ0n) is 9.89. The summed E-state index contributed by atoms with van der Waals surface area (Å²) in [6.07, 6.45) is 2.30. The molecule has 3 rings (SSSR count). The molecule has 0 bridgehead atoms. The topological polar surface area (TPSA) is 48.1 Å². The van der Waals surface area contributed by atoms with Crippen LogP contribution >= 0.6 is 22.9 Å². The molecule has 1 aromatic heterocycles. The van der Waals surface area contributed by atoms with Gasteiger partial charge in [-0.2, -0.15) is 0 Å². The molecule has 2 heterocycles. The minimum absolute atomic E-state index is 0.0127. The number of benzene rings is 1. The second-order valence-electron chi connectivity index (χ2n) is 4.49. The second kappa shape index (κ2) is 4.53. The fraction of sp³-hybridized carbons (Fsp3) is 0.308. The minimum atomic E-state index is -0.0901. The molecule has 0 aliphatic carbocycles. The lowest BCUT2D eigenvalue weighted by atomic mass is 9.96. The number of rotatable bonds is 1. The predicted molar refractivity (Wildman–Crippen MR) is 73.2 cm³/mol. The molecule has 0 amide bonds. The molecule has 1 aliphatic rings. The highest BCUT2D eigenvalue weighted by Gasteiger charge is 2.28. The van der Waals surface area contributed by atoms with E-state index in [4.69, 9.17) is 22.1 Å². The van der Waals surface area contributed by atoms with Gasteiger partial charge in [-0.1, -0.05) is 29.3 Å². The third-order valence-corrected chi connectivity index (χ3v) is 4.28. The van der Waals surface area contributed by atoms with Gasteiger partial charge in [0.25, 0.3) is 0 Å². The van der Waals surface area contributed by atoms with Crippen molar-refractivity contribution in [3.05, 3.63) is 44.9 Å². The summed E-state index contributed by atoms with van der Waals surface area (Å²) in [6, 6.07) is 6.08. The summed E-state index contributed by atoms with van der Waals surface area (Å²) < 4.78 is 6.64. The van der Waals surface area contributed by atoms with E-state index < -0.39 is 0 Å². The molecule has 0 spiro atoms.